The van der Waals surface area contributed by atoms with Gasteiger partial charge in [0.2, 0.25) is 0 Å². The van der Waals surface area contributed by atoms with Crippen LogP contribution in [0, 0.1) is 6.92 Å². The van der Waals surface area contributed by atoms with Crippen molar-refractivity contribution >= 4 is 40.7 Å². The summed E-state index contributed by atoms with van der Waals surface area (Å²) in [6.45, 7) is 1.74. The molecule has 2 aromatic rings. The lowest BCUT2D eigenvalue weighted by Gasteiger charge is -1.97. The third-order valence-corrected chi connectivity index (χ3v) is 4.82. The highest BCUT2D eigenvalue weighted by Gasteiger charge is 2.14. The molecule has 0 saturated carbocycles. The molecule has 19 heavy (non-hydrogen) atoms. The van der Waals surface area contributed by atoms with Gasteiger partial charge in [0, 0.05) is 4.88 Å². The number of carbonyl (C=O) groups is 1. The second kappa shape index (κ2) is 5.72. The Kier molecular flexibility index (Phi) is 4.23. The number of hydrogen-bond acceptors (Lipinski definition) is 6. The van der Waals surface area contributed by atoms with E-state index < -0.39 is 11.5 Å². The second-order valence-corrected chi connectivity index (χ2v) is 6.21. The van der Waals surface area contributed by atoms with Gasteiger partial charge in [-0.2, -0.15) is 0 Å². The molecule has 0 amide bonds. The Hall–Kier alpha value is -1.38. The lowest BCUT2D eigenvalue weighted by Crippen LogP contribution is -2.07. The first-order valence-electron chi connectivity index (χ1n) is 5.06. The molecule has 0 bridgehead atoms. The molecular weight excluding hydrogens is 310 g/mol. The quantitative estimate of drug-likeness (QED) is 0.837. The van der Waals surface area contributed by atoms with Crippen LogP contribution in [0.25, 0.3) is 0 Å². The summed E-state index contributed by atoms with van der Waals surface area (Å²) in [4.78, 5) is 33.2. The minimum absolute atomic E-state index is 0.000127. The number of halogens is 1. The molecular formula is C10H8ClN3O3S2. The maximum Gasteiger partial charge on any atom is 0.308 e. The number of aliphatic carboxylic acids is 1. The second-order valence-electron chi connectivity index (χ2n) is 3.51. The molecule has 0 aromatic carbocycles. The van der Waals surface area contributed by atoms with E-state index in [2.05, 4.69) is 15.0 Å². The number of thiazole rings is 1. The molecule has 6 nitrogen and oxygen atoms in total. The molecule has 0 radical (unpaired) electrons. The summed E-state index contributed by atoms with van der Waals surface area (Å²) in [6, 6.07) is 0. The molecule has 0 aliphatic carbocycles. The average Bonchev–Trinajstić information content (AvgIpc) is 2.65. The summed E-state index contributed by atoms with van der Waals surface area (Å²) in [5.41, 5.74) is 0.245. The zero-order chi connectivity index (χ0) is 14.0. The van der Waals surface area contributed by atoms with Crippen LogP contribution in [0.1, 0.15) is 10.6 Å². The van der Waals surface area contributed by atoms with Gasteiger partial charge in [0.15, 0.2) is 4.34 Å². The third-order valence-electron chi connectivity index (χ3n) is 2.13. The van der Waals surface area contributed by atoms with Crippen LogP contribution < -0.4 is 5.56 Å². The highest BCUT2D eigenvalue weighted by atomic mass is 35.5. The number of aromatic amines is 1. The Bertz CT molecular complexity index is 683. The number of hydrogen-bond donors (Lipinski definition) is 2. The fourth-order valence-electron chi connectivity index (χ4n) is 1.27. The molecule has 100 valence electrons. The normalized spacial score (nSPS) is 10.6. The van der Waals surface area contributed by atoms with Gasteiger partial charge in [-0.05, 0) is 18.7 Å². The number of carboxylic acids is 1. The van der Waals surface area contributed by atoms with Crippen molar-refractivity contribution in [3.8, 4) is 0 Å². The molecule has 2 aromatic heterocycles. The third kappa shape index (κ3) is 3.34. The van der Waals surface area contributed by atoms with E-state index >= 15 is 0 Å². The highest BCUT2D eigenvalue weighted by molar-refractivity contribution is 8.01. The maximum atomic E-state index is 11.3. The van der Waals surface area contributed by atoms with Crippen LogP contribution in [-0.4, -0.2) is 26.0 Å². The lowest BCUT2D eigenvalue weighted by atomic mass is 10.3. The Morgan fingerprint density at radius 3 is 3.05 bits per heavy atom. The maximum absolute atomic E-state index is 11.3. The van der Waals surface area contributed by atoms with Crippen LogP contribution in [0.3, 0.4) is 0 Å². The van der Waals surface area contributed by atoms with E-state index in [0.717, 1.165) is 11.8 Å². The summed E-state index contributed by atoms with van der Waals surface area (Å²) < 4.78 is 0.605. The number of rotatable bonds is 4. The van der Waals surface area contributed by atoms with Crippen LogP contribution in [0.15, 0.2) is 20.5 Å². The van der Waals surface area contributed by atoms with Crippen molar-refractivity contribution in [2.24, 2.45) is 0 Å². The summed E-state index contributed by atoms with van der Waals surface area (Å²) in [5, 5.41) is 9.11. The van der Waals surface area contributed by atoms with Gasteiger partial charge in [-0.25, -0.2) is 9.97 Å². The van der Waals surface area contributed by atoms with Crippen molar-refractivity contribution in [3.63, 3.8) is 0 Å². The first-order valence-corrected chi connectivity index (χ1v) is 7.07. The predicted octanol–water partition coefficient (Wildman–Crippen LogP) is 1.97. The number of nitrogens with one attached hydrogen (secondary N) is 1. The first-order chi connectivity index (χ1) is 8.97. The summed E-state index contributed by atoms with van der Waals surface area (Å²) in [7, 11) is 0. The van der Waals surface area contributed by atoms with E-state index in [9.17, 15) is 9.59 Å². The zero-order valence-corrected chi connectivity index (χ0v) is 12.0. The molecule has 0 saturated heterocycles. The van der Waals surface area contributed by atoms with Gasteiger partial charge in [0.1, 0.15) is 10.0 Å². The van der Waals surface area contributed by atoms with Gasteiger partial charge in [0.25, 0.3) is 5.56 Å². The number of H-pyrrole nitrogens is 1. The predicted molar refractivity (Wildman–Crippen MR) is 72.2 cm³/mol. The van der Waals surface area contributed by atoms with Gasteiger partial charge in [-0.1, -0.05) is 11.6 Å². The van der Waals surface area contributed by atoms with Crippen LogP contribution in [0.2, 0.25) is 5.02 Å². The van der Waals surface area contributed by atoms with E-state index in [0.29, 0.717) is 19.9 Å². The van der Waals surface area contributed by atoms with E-state index in [1.54, 1.807) is 6.92 Å². The van der Waals surface area contributed by atoms with Crippen LogP contribution in [0.4, 0.5) is 0 Å². The largest absolute Gasteiger partial charge is 0.481 e. The fourth-order valence-corrected chi connectivity index (χ4v) is 3.61. The number of nitrogens with zero attached hydrogens (tertiary/aromatic N) is 2. The number of carboxylic acid groups (broad SMARTS) is 1. The topological polar surface area (TPSA) is 95.9 Å². The lowest BCUT2D eigenvalue weighted by molar-refractivity contribution is -0.136. The number of aryl methyl sites for hydroxylation is 1. The summed E-state index contributed by atoms with van der Waals surface area (Å²) >= 11 is 8.23. The molecule has 2 N–H and O–H groups in total. The van der Waals surface area contributed by atoms with Crippen LogP contribution in [-0.2, 0) is 11.2 Å². The molecule has 9 heteroatoms. The SMILES string of the molecule is Cc1nc(Sc2nc[nH]c(=O)c2Cl)sc1CC(=O)O. The van der Waals surface area contributed by atoms with Gasteiger partial charge in [-0.15, -0.1) is 11.3 Å². The highest BCUT2D eigenvalue weighted by Crippen LogP contribution is 2.34. The molecule has 0 unspecified atom stereocenters. The fraction of sp³-hybridized carbons (Fsp3) is 0.200. The molecule has 0 aliphatic rings. The minimum atomic E-state index is -0.907. The van der Waals surface area contributed by atoms with Gasteiger partial charge < -0.3 is 10.1 Å². The molecule has 2 heterocycles. The van der Waals surface area contributed by atoms with Crippen molar-refractivity contribution in [1.29, 1.82) is 0 Å². The van der Waals surface area contributed by atoms with Crippen molar-refractivity contribution in [1.82, 2.24) is 15.0 Å². The number of aromatic nitrogens is 3. The molecule has 0 atom stereocenters. The Morgan fingerprint density at radius 1 is 1.63 bits per heavy atom. The van der Waals surface area contributed by atoms with Gasteiger partial charge >= 0.3 is 5.97 Å². The summed E-state index contributed by atoms with van der Waals surface area (Å²) in [6.07, 6.45) is 1.19. The smallest absolute Gasteiger partial charge is 0.308 e. The molecule has 0 fully saturated rings. The standard InChI is InChI=1S/C10H8ClN3O3S2/c1-4-5(2-6(15)16)18-10(14-4)19-9-7(11)8(17)12-3-13-9/h3H,2H2,1H3,(H,15,16)(H,12,13,17). The molecule has 0 aliphatic heterocycles. The first kappa shape index (κ1) is 14.0. The Balaban J connectivity index is 2.27. The van der Waals surface area contributed by atoms with Crippen LogP contribution in [0.5, 0.6) is 0 Å². The van der Waals surface area contributed by atoms with Crippen LogP contribution >= 0.6 is 34.7 Å². The van der Waals surface area contributed by atoms with Crippen molar-refractivity contribution < 1.29 is 9.90 Å². The monoisotopic (exact) mass is 317 g/mol. The average molecular weight is 318 g/mol. The van der Waals surface area contributed by atoms with E-state index in [1.807, 2.05) is 0 Å². The Labute approximate surface area is 120 Å². The molecule has 2 rings (SSSR count). The Morgan fingerprint density at radius 2 is 2.37 bits per heavy atom. The minimum Gasteiger partial charge on any atom is -0.481 e. The van der Waals surface area contributed by atoms with E-state index in [1.165, 1.54) is 17.7 Å². The van der Waals surface area contributed by atoms with Gasteiger partial charge in [0.05, 0.1) is 18.4 Å². The van der Waals surface area contributed by atoms with Crippen molar-refractivity contribution in [2.75, 3.05) is 0 Å². The van der Waals surface area contributed by atoms with E-state index in [4.69, 9.17) is 16.7 Å². The van der Waals surface area contributed by atoms with Crippen molar-refractivity contribution in [3.05, 3.63) is 32.3 Å². The zero-order valence-electron chi connectivity index (χ0n) is 9.64. The van der Waals surface area contributed by atoms with Crippen molar-refractivity contribution in [2.45, 2.75) is 22.7 Å². The summed E-state index contributed by atoms with van der Waals surface area (Å²) in [5.74, 6) is -0.907. The van der Waals surface area contributed by atoms with Gasteiger partial charge in [-0.3, -0.25) is 9.59 Å². The molecule has 0 spiro atoms. The van der Waals surface area contributed by atoms with E-state index in [-0.39, 0.29) is 11.4 Å².